The summed E-state index contributed by atoms with van der Waals surface area (Å²) in [6.45, 7) is 5.50. The predicted octanol–water partition coefficient (Wildman–Crippen LogP) is 1.83. The molecule has 3 nitrogen and oxygen atoms in total. The van der Waals surface area contributed by atoms with Crippen molar-refractivity contribution < 1.29 is 8.42 Å². The molecule has 1 atom stereocenters. The zero-order chi connectivity index (χ0) is 11.0. The van der Waals surface area contributed by atoms with Crippen molar-refractivity contribution in [3.8, 4) is 0 Å². The molecule has 1 unspecified atom stereocenters. The molecule has 1 heterocycles. The topological polar surface area (TPSA) is 37.4 Å². The van der Waals surface area contributed by atoms with E-state index in [1.54, 1.807) is 4.31 Å². The van der Waals surface area contributed by atoms with E-state index in [-0.39, 0.29) is 5.41 Å². The Labute approximate surface area is 95.0 Å². The summed E-state index contributed by atoms with van der Waals surface area (Å²) >= 11 is 3.59. The molecule has 0 aliphatic carbocycles. The molecule has 1 fully saturated rings. The van der Waals surface area contributed by atoms with Crippen LogP contribution in [-0.2, 0) is 10.0 Å². The van der Waals surface area contributed by atoms with E-state index in [0.717, 1.165) is 12.8 Å². The number of halogens is 1. The second-order valence-corrected chi connectivity index (χ2v) is 8.13. The molecule has 1 aliphatic heterocycles. The van der Waals surface area contributed by atoms with Crippen LogP contribution in [0, 0.1) is 5.41 Å². The zero-order valence-corrected chi connectivity index (χ0v) is 11.4. The highest BCUT2D eigenvalue weighted by molar-refractivity contribution is 9.09. The predicted molar refractivity (Wildman–Crippen MR) is 62.1 cm³/mol. The summed E-state index contributed by atoms with van der Waals surface area (Å²) in [4.78, 5) is 0.434. The first-order valence-electron chi connectivity index (χ1n) is 4.80. The van der Waals surface area contributed by atoms with Gasteiger partial charge in [0.1, 0.15) is 0 Å². The Morgan fingerprint density at radius 2 is 2.00 bits per heavy atom. The van der Waals surface area contributed by atoms with Gasteiger partial charge in [0.05, 0.1) is 6.26 Å². The van der Waals surface area contributed by atoms with Crippen LogP contribution in [0.1, 0.15) is 26.7 Å². The number of rotatable bonds is 1. The largest absolute Gasteiger partial charge is 0.213 e. The lowest BCUT2D eigenvalue weighted by atomic mass is 9.88. The summed E-state index contributed by atoms with van der Waals surface area (Å²) in [6, 6.07) is 0. The summed E-state index contributed by atoms with van der Waals surface area (Å²) < 4.78 is 24.5. The first-order chi connectivity index (χ1) is 6.21. The molecule has 1 saturated heterocycles. The molecule has 5 heteroatoms. The number of sulfonamides is 1. The van der Waals surface area contributed by atoms with Crippen LogP contribution in [0.25, 0.3) is 0 Å². The van der Waals surface area contributed by atoms with E-state index in [2.05, 4.69) is 29.8 Å². The van der Waals surface area contributed by atoms with E-state index < -0.39 is 10.0 Å². The van der Waals surface area contributed by atoms with E-state index in [0.29, 0.717) is 17.9 Å². The van der Waals surface area contributed by atoms with Gasteiger partial charge in [0, 0.05) is 17.9 Å². The smallest absolute Gasteiger partial charge is 0.211 e. The molecule has 84 valence electrons. The Morgan fingerprint density at radius 1 is 1.43 bits per heavy atom. The van der Waals surface area contributed by atoms with Crippen molar-refractivity contribution in [2.75, 3.05) is 19.3 Å². The fraction of sp³-hybridized carbons (Fsp3) is 1.00. The van der Waals surface area contributed by atoms with E-state index in [4.69, 9.17) is 0 Å². The van der Waals surface area contributed by atoms with Crippen LogP contribution in [0.5, 0.6) is 0 Å². The normalized spacial score (nSPS) is 29.9. The lowest BCUT2D eigenvalue weighted by Crippen LogP contribution is -2.36. The van der Waals surface area contributed by atoms with Crippen molar-refractivity contribution in [1.82, 2.24) is 4.31 Å². The maximum Gasteiger partial charge on any atom is 0.211 e. The van der Waals surface area contributed by atoms with Gasteiger partial charge in [-0.15, -0.1) is 0 Å². The third-order valence-electron chi connectivity index (χ3n) is 2.54. The molecule has 0 aromatic carbocycles. The van der Waals surface area contributed by atoms with E-state index in [1.165, 1.54) is 6.26 Å². The number of nitrogens with zero attached hydrogens (tertiary/aromatic N) is 1. The Bertz CT molecular complexity index is 300. The van der Waals surface area contributed by atoms with Crippen molar-refractivity contribution in [2.24, 2.45) is 5.41 Å². The molecule has 0 radical (unpaired) electrons. The van der Waals surface area contributed by atoms with Crippen LogP contribution in [0.4, 0.5) is 0 Å². The number of hydrogen-bond acceptors (Lipinski definition) is 2. The summed E-state index contributed by atoms with van der Waals surface area (Å²) in [5.74, 6) is 0. The molecule has 0 N–H and O–H groups in total. The minimum atomic E-state index is -3.03. The van der Waals surface area contributed by atoms with Crippen molar-refractivity contribution in [3.05, 3.63) is 0 Å². The van der Waals surface area contributed by atoms with Gasteiger partial charge in [-0.3, -0.25) is 0 Å². The highest BCUT2D eigenvalue weighted by atomic mass is 79.9. The standard InChI is InChI=1S/C9H18BrNO2S/c1-9(2)6-8(10)4-5-11(7-9)14(3,12)13/h8H,4-7H2,1-3H3. The van der Waals surface area contributed by atoms with Gasteiger partial charge in [-0.2, -0.15) is 0 Å². The monoisotopic (exact) mass is 283 g/mol. The Kier molecular flexibility index (Phi) is 3.65. The fourth-order valence-electron chi connectivity index (χ4n) is 1.89. The molecular formula is C9H18BrNO2S. The molecule has 0 amide bonds. The van der Waals surface area contributed by atoms with Crippen LogP contribution in [0.2, 0.25) is 0 Å². The first kappa shape index (κ1) is 12.5. The number of hydrogen-bond donors (Lipinski definition) is 0. The maximum atomic E-state index is 11.4. The second-order valence-electron chi connectivity index (χ2n) is 4.85. The SMILES string of the molecule is CC1(C)CC(Br)CCN(S(C)(=O)=O)C1. The average molecular weight is 284 g/mol. The van der Waals surface area contributed by atoms with Gasteiger partial charge in [-0.1, -0.05) is 29.8 Å². The van der Waals surface area contributed by atoms with Gasteiger partial charge >= 0.3 is 0 Å². The van der Waals surface area contributed by atoms with Gasteiger partial charge < -0.3 is 0 Å². The van der Waals surface area contributed by atoms with Gasteiger partial charge in [0.15, 0.2) is 0 Å². The minimum Gasteiger partial charge on any atom is -0.213 e. The van der Waals surface area contributed by atoms with Crippen LogP contribution in [0.15, 0.2) is 0 Å². The highest BCUT2D eigenvalue weighted by Crippen LogP contribution is 2.32. The molecule has 0 aromatic rings. The van der Waals surface area contributed by atoms with Gasteiger partial charge in [0.2, 0.25) is 10.0 Å². The summed E-state index contributed by atoms with van der Waals surface area (Å²) in [7, 11) is -3.03. The third kappa shape index (κ3) is 3.51. The molecular weight excluding hydrogens is 266 g/mol. The van der Waals surface area contributed by atoms with Crippen molar-refractivity contribution in [3.63, 3.8) is 0 Å². The molecule has 0 aromatic heterocycles. The lowest BCUT2D eigenvalue weighted by Gasteiger charge is -2.28. The quantitative estimate of drug-likeness (QED) is 0.689. The van der Waals surface area contributed by atoms with Crippen molar-refractivity contribution in [2.45, 2.75) is 31.5 Å². The number of alkyl halides is 1. The van der Waals surface area contributed by atoms with Gasteiger partial charge in [-0.05, 0) is 18.3 Å². The van der Waals surface area contributed by atoms with E-state index in [9.17, 15) is 8.42 Å². The third-order valence-corrected chi connectivity index (χ3v) is 4.57. The molecule has 0 spiro atoms. The Hall–Kier alpha value is 0.390. The minimum absolute atomic E-state index is 0.0632. The van der Waals surface area contributed by atoms with Crippen LogP contribution < -0.4 is 0 Å². The van der Waals surface area contributed by atoms with Crippen LogP contribution in [-0.4, -0.2) is 36.9 Å². The van der Waals surface area contributed by atoms with E-state index in [1.807, 2.05) is 0 Å². The summed E-state index contributed by atoms with van der Waals surface area (Å²) in [5, 5.41) is 0. The molecule has 1 aliphatic rings. The summed E-state index contributed by atoms with van der Waals surface area (Å²) in [5.41, 5.74) is 0.0632. The zero-order valence-electron chi connectivity index (χ0n) is 8.96. The fourth-order valence-corrected chi connectivity index (χ4v) is 3.99. The lowest BCUT2D eigenvalue weighted by molar-refractivity contribution is 0.276. The van der Waals surface area contributed by atoms with Gasteiger partial charge in [0.25, 0.3) is 0 Å². The van der Waals surface area contributed by atoms with E-state index >= 15 is 0 Å². The van der Waals surface area contributed by atoms with Gasteiger partial charge in [-0.25, -0.2) is 12.7 Å². The molecule has 0 saturated carbocycles. The van der Waals surface area contributed by atoms with Crippen molar-refractivity contribution in [1.29, 1.82) is 0 Å². The second kappa shape index (κ2) is 4.10. The highest BCUT2D eigenvalue weighted by Gasteiger charge is 2.32. The summed E-state index contributed by atoms with van der Waals surface area (Å²) in [6.07, 6.45) is 3.22. The Balaban J connectivity index is 2.83. The average Bonchev–Trinajstić information content (AvgIpc) is 2.05. The van der Waals surface area contributed by atoms with Crippen LogP contribution >= 0.6 is 15.9 Å². The van der Waals surface area contributed by atoms with Crippen LogP contribution in [0.3, 0.4) is 0 Å². The first-order valence-corrected chi connectivity index (χ1v) is 7.56. The Morgan fingerprint density at radius 3 is 2.50 bits per heavy atom. The van der Waals surface area contributed by atoms with Crippen molar-refractivity contribution >= 4 is 26.0 Å². The molecule has 0 bridgehead atoms. The molecule has 14 heavy (non-hydrogen) atoms. The maximum absolute atomic E-state index is 11.4. The molecule has 1 rings (SSSR count).